The standard InChI is InChI=1S/C33H31N3O2/c1-33(2,3)25-13-14-26(24-9-5-4-6-10-24)30(21-25)36-32(37)35-29-15-16-31(28-12-8-7-11-27(28)29)38-22-23-17-19-34-20-18-23/h4-21H,22H2,1-3H3,(H2,35,36,37). The van der Waals surface area contributed by atoms with E-state index in [-0.39, 0.29) is 11.4 Å². The van der Waals surface area contributed by atoms with Gasteiger partial charge in [-0.3, -0.25) is 4.98 Å². The first-order valence-corrected chi connectivity index (χ1v) is 12.7. The first-order chi connectivity index (χ1) is 18.4. The Morgan fingerprint density at radius 2 is 1.45 bits per heavy atom. The predicted molar refractivity (Wildman–Crippen MR) is 156 cm³/mol. The molecule has 0 aliphatic rings. The Morgan fingerprint density at radius 3 is 2.18 bits per heavy atom. The maximum atomic E-state index is 13.3. The molecule has 0 fully saturated rings. The Hall–Kier alpha value is -4.64. The lowest BCUT2D eigenvalue weighted by Crippen LogP contribution is -2.21. The van der Waals surface area contributed by atoms with Crippen LogP contribution in [0.25, 0.3) is 21.9 Å². The van der Waals surface area contributed by atoms with E-state index in [0.717, 1.165) is 44.5 Å². The van der Waals surface area contributed by atoms with Gasteiger partial charge in [-0.25, -0.2) is 4.79 Å². The quantitative estimate of drug-likeness (QED) is 0.245. The molecule has 0 aliphatic heterocycles. The van der Waals surface area contributed by atoms with Crippen LogP contribution in [0.4, 0.5) is 16.2 Å². The van der Waals surface area contributed by atoms with Crippen LogP contribution in [0.1, 0.15) is 31.9 Å². The number of ether oxygens (including phenoxy) is 1. The summed E-state index contributed by atoms with van der Waals surface area (Å²) in [6.45, 7) is 6.93. The van der Waals surface area contributed by atoms with E-state index in [0.29, 0.717) is 12.3 Å². The second-order valence-corrected chi connectivity index (χ2v) is 10.3. The second-order valence-electron chi connectivity index (χ2n) is 10.3. The summed E-state index contributed by atoms with van der Waals surface area (Å²) in [5.41, 5.74) is 5.63. The molecule has 0 radical (unpaired) electrons. The number of urea groups is 1. The third-order valence-electron chi connectivity index (χ3n) is 6.49. The van der Waals surface area contributed by atoms with Gasteiger partial charge >= 0.3 is 6.03 Å². The summed E-state index contributed by atoms with van der Waals surface area (Å²) in [7, 11) is 0. The molecular weight excluding hydrogens is 470 g/mol. The molecule has 0 bridgehead atoms. The molecular formula is C33H31N3O2. The number of nitrogens with zero attached hydrogens (tertiary/aromatic N) is 1. The molecule has 0 aliphatic carbocycles. The van der Waals surface area contributed by atoms with Gasteiger partial charge in [0.2, 0.25) is 0 Å². The number of rotatable bonds is 6. The van der Waals surface area contributed by atoms with Crippen molar-refractivity contribution in [2.45, 2.75) is 32.8 Å². The number of hydrogen-bond donors (Lipinski definition) is 2. The summed E-state index contributed by atoms with van der Waals surface area (Å²) in [5, 5.41) is 8.00. The van der Waals surface area contributed by atoms with E-state index in [1.54, 1.807) is 12.4 Å². The average molecular weight is 502 g/mol. The van der Waals surface area contributed by atoms with Crippen LogP contribution in [0.5, 0.6) is 5.75 Å². The van der Waals surface area contributed by atoms with Crippen LogP contribution >= 0.6 is 0 Å². The molecule has 1 aromatic heterocycles. The summed E-state index contributed by atoms with van der Waals surface area (Å²) in [6, 6.07) is 31.6. The van der Waals surface area contributed by atoms with E-state index in [1.807, 2.05) is 78.9 Å². The maximum Gasteiger partial charge on any atom is 0.323 e. The van der Waals surface area contributed by atoms with E-state index in [4.69, 9.17) is 4.74 Å². The van der Waals surface area contributed by atoms with E-state index < -0.39 is 0 Å². The second kappa shape index (κ2) is 10.8. The van der Waals surface area contributed by atoms with Crippen LogP contribution in [0.15, 0.2) is 109 Å². The van der Waals surface area contributed by atoms with Gasteiger partial charge in [-0.15, -0.1) is 0 Å². The summed E-state index contributed by atoms with van der Waals surface area (Å²) < 4.78 is 6.11. The van der Waals surface area contributed by atoms with Crippen LogP contribution in [-0.4, -0.2) is 11.0 Å². The first-order valence-electron chi connectivity index (χ1n) is 12.7. The normalized spacial score (nSPS) is 11.2. The highest BCUT2D eigenvalue weighted by atomic mass is 16.5. The third-order valence-corrected chi connectivity index (χ3v) is 6.49. The molecule has 0 spiro atoms. The number of benzene rings is 4. The molecule has 2 amide bonds. The van der Waals surface area contributed by atoms with Gasteiger partial charge in [-0.1, -0.05) is 87.5 Å². The molecule has 38 heavy (non-hydrogen) atoms. The molecule has 0 unspecified atom stereocenters. The number of pyridine rings is 1. The number of amides is 2. The highest BCUT2D eigenvalue weighted by Gasteiger charge is 2.18. The van der Waals surface area contributed by atoms with E-state index in [1.165, 1.54) is 0 Å². The van der Waals surface area contributed by atoms with Crippen molar-refractivity contribution >= 4 is 28.2 Å². The van der Waals surface area contributed by atoms with Gasteiger partial charge in [0.05, 0.1) is 11.4 Å². The number of carbonyl (C=O) groups is 1. The van der Waals surface area contributed by atoms with Crippen molar-refractivity contribution in [1.82, 2.24) is 4.98 Å². The number of anilines is 2. The van der Waals surface area contributed by atoms with Crippen molar-refractivity contribution in [3.05, 3.63) is 121 Å². The van der Waals surface area contributed by atoms with Crippen molar-refractivity contribution in [3.8, 4) is 16.9 Å². The fourth-order valence-corrected chi connectivity index (χ4v) is 4.41. The van der Waals surface area contributed by atoms with Gasteiger partial charge in [-0.2, -0.15) is 0 Å². The highest BCUT2D eigenvalue weighted by molar-refractivity contribution is 6.08. The Morgan fingerprint density at radius 1 is 0.763 bits per heavy atom. The minimum absolute atomic E-state index is 0.0512. The Labute approximate surface area is 223 Å². The van der Waals surface area contributed by atoms with E-state index >= 15 is 0 Å². The molecule has 0 atom stereocenters. The van der Waals surface area contributed by atoms with Gasteiger partial charge in [0, 0.05) is 28.7 Å². The predicted octanol–water partition coefficient (Wildman–Crippen LogP) is 8.42. The Balaban J connectivity index is 1.41. The molecule has 2 N–H and O–H groups in total. The summed E-state index contributed by atoms with van der Waals surface area (Å²) in [4.78, 5) is 17.4. The number of nitrogens with one attached hydrogen (secondary N) is 2. The Bertz CT molecular complexity index is 1560. The lowest BCUT2D eigenvalue weighted by molar-refractivity contribution is 0.262. The minimum atomic E-state index is -0.302. The molecule has 0 saturated heterocycles. The minimum Gasteiger partial charge on any atom is -0.488 e. The zero-order valence-corrected chi connectivity index (χ0v) is 21.9. The lowest BCUT2D eigenvalue weighted by Gasteiger charge is -2.22. The summed E-state index contributed by atoms with van der Waals surface area (Å²) in [5.74, 6) is 0.757. The van der Waals surface area contributed by atoms with E-state index in [9.17, 15) is 4.79 Å². The van der Waals surface area contributed by atoms with Crippen LogP contribution < -0.4 is 15.4 Å². The first kappa shape index (κ1) is 25.0. The van der Waals surface area contributed by atoms with Gasteiger partial charge in [-0.05, 0) is 52.4 Å². The molecule has 190 valence electrons. The molecule has 5 aromatic rings. The maximum absolute atomic E-state index is 13.3. The smallest absolute Gasteiger partial charge is 0.323 e. The molecule has 4 aromatic carbocycles. The number of hydrogen-bond acceptors (Lipinski definition) is 3. The fourth-order valence-electron chi connectivity index (χ4n) is 4.41. The van der Waals surface area contributed by atoms with Crippen LogP contribution in [0, 0.1) is 0 Å². The fraction of sp³-hybridized carbons (Fsp3) is 0.152. The van der Waals surface area contributed by atoms with Crippen LogP contribution in [0.2, 0.25) is 0 Å². The molecule has 5 heteroatoms. The van der Waals surface area contributed by atoms with Crippen LogP contribution in [-0.2, 0) is 12.0 Å². The van der Waals surface area contributed by atoms with Crippen molar-refractivity contribution in [3.63, 3.8) is 0 Å². The summed E-state index contributed by atoms with van der Waals surface area (Å²) in [6.07, 6.45) is 3.51. The van der Waals surface area contributed by atoms with Gasteiger partial charge in [0.1, 0.15) is 12.4 Å². The number of aromatic nitrogens is 1. The topological polar surface area (TPSA) is 63.2 Å². The highest BCUT2D eigenvalue weighted by Crippen LogP contribution is 2.35. The van der Waals surface area contributed by atoms with E-state index in [2.05, 4.69) is 54.6 Å². The monoisotopic (exact) mass is 501 g/mol. The zero-order valence-electron chi connectivity index (χ0n) is 21.9. The van der Waals surface area contributed by atoms with Crippen molar-refractivity contribution in [1.29, 1.82) is 0 Å². The average Bonchev–Trinajstić information content (AvgIpc) is 2.93. The van der Waals surface area contributed by atoms with Gasteiger partial charge < -0.3 is 15.4 Å². The lowest BCUT2D eigenvalue weighted by atomic mass is 9.85. The van der Waals surface area contributed by atoms with Crippen molar-refractivity contribution < 1.29 is 9.53 Å². The molecule has 0 saturated carbocycles. The largest absolute Gasteiger partial charge is 0.488 e. The Kier molecular flexibility index (Phi) is 7.09. The van der Waals surface area contributed by atoms with Gasteiger partial charge in [0.25, 0.3) is 0 Å². The third kappa shape index (κ3) is 5.68. The number of carbonyl (C=O) groups excluding carboxylic acids is 1. The SMILES string of the molecule is CC(C)(C)c1ccc(-c2ccccc2)c(NC(=O)Nc2ccc(OCc3ccncc3)c3ccccc23)c1. The van der Waals surface area contributed by atoms with Crippen molar-refractivity contribution in [2.24, 2.45) is 0 Å². The summed E-state index contributed by atoms with van der Waals surface area (Å²) >= 11 is 0. The number of fused-ring (bicyclic) bond motifs is 1. The van der Waals surface area contributed by atoms with Crippen molar-refractivity contribution in [2.75, 3.05) is 10.6 Å². The molecule has 5 rings (SSSR count). The molecule has 1 heterocycles. The van der Waals surface area contributed by atoms with Crippen LogP contribution in [0.3, 0.4) is 0 Å². The van der Waals surface area contributed by atoms with Gasteiger partial charge in [0.15, 0.2) is 0 Å². The molecule has 5 nitrogen and oxygen atoms in total. The zero-order chi connectivity index (χ0) is 26.5.